The molecule has 0 spiro atoms. The quantitative estimate of drug-likeness (QED) is 0.258. The molecule has 0 radical (unpaired) electrons. The van der Waals surface area contributed by atoms with Gasteiger partial charge in [-0.3, -0.25) is 9.59 Å². The highest BCUT2D eigenvalue weighted by atomic mass is 16.5. The Morgan fingerprint density at radius 1 is 0.791 bits per heavy atom. The van der Waals surface area contributed by atoms with Crippen molar-refractivity contribution in [1.29, 1.82) is 0 Å². The zero-order valence-corrected chi connectivity index (χ0v) is 26.2. The molecule has 4 amide bonds. The maximum Gasteiger partial charge on any atom is 0.318 e. The summed E-state index contributed by atoms with van der Waals surface area (Å²) in [6.07, 6.45) is 4.78. The molecule has 0 saturated carbocycles. The van der Waals surface area contributed by atoms with E-state index in [1.165, 1.54) is 0 Å². The lowest BCUT2D eigenvalue weighted by Crippen LogP contribution is -2.57. The number of aliphatic hydroxyl groups excluding tert-OH is 1. The molecule has 9 nitrogen and oxygen atoms in total. The number of amides is 4. The maximum atomic E-state index is 13.6. The van der Waals surface area contributed by atoms with Crippen LogP contribution >= 0.6 is 0 Å². The predicted molar refractivity (Wildman–Crippen MR) is 169 cm³/mol. The van der Waals surface area contributed by atoms with Crippen LogP contribution in [0.25, 0.3) is 0 Å². The number of benzene rings is 2. The normalized spacial score (nSPS) is 15.7. The van der Waals surface area contributed by atoms with E-state index in [-0.39, 0.29) is 36.8 Å². The largest absolute Gasteiger partial charge is 0.489 e. The lowest BCUT2D eigenvalue weighted by Gasteiger charge is -2.28. The summed E-state index contributed by atoms with van der Waals surface area (Å²) in [5.41, 5.74) is 1.90. The van der Waals surface area contributed by atoms with Gasteiger partial charge in [-0.1, -0.05) is 83.0 Å². The third kappa shape index (κ3) is 11.5. The van der Waals surface area contributed by atoms with Gasteiger partial charge in [0.1, 0.15) is 24.4 Å². The van der Waals surface area contributed by atoms with Crippen LogP contribution in [0.2, 0.25) is 0 Å². The van der Waals surface area contributed by atoms with Gasteiger partial charge in [0.15, 0.2) is 0 Å². The molecular weight excluding hydrogens is 544 g/mol. The van der Waals surface area contributed by atoms with Crippen LogP contribution in [0.3, 0.4) is 0 Å². The zero-order chi connectivity index (χ0) is 31.2. The molecule has 4 N–H and O–H groups in total. The van der Waals surface area contributed by atoms with Crippen LogP contribution in [0.1, 0.15) is 70.9 Å². The van der Waals surface area contributed by atoms with Gasteiger partial charge in [0.05, 0.1) is 12.6 Å². The van der Waals surface area contributed by atoms with Crippen molar-refractivity contribution in [2.75, 3.05) is 19.7 Å². The van der Waals surface area contributed by atoms with Crippen molar-refractivity contribution in [2.24, 2.45) is 11.8 Å². The molecule has 0 bridgehead atoms. The number of hydrogen-bond acceptors (Lipinski definition) is 5. The smallest absolute Gasteiger partial charge is 0.318 e. The summed E-state index contributed by atoms with van der Waals surface area (Å²) in [4.78, 5) is 42.0. The van der Waals surface area contributed by atoms with Gasteiger partial charge in [-0.25, -0.2) is 4.79 Å². The van der Waals surface area contributed by atoms with Crippen LogP contribution in [0.4, 0.5) is 4.79 Å². The first-order chi connectivity index (χ1) is 20.7. The van der Waals surface area contributed by atoms with E-state index < -0.39 is 24.0 Å². The van der Waals surface area contributed by atoms with Gasteiger partial charge >= 0.3 is 6.03 Å². The number of nitrogens with one attached hydrogen (secondary N) is 3. The summed E-state index contributed by atoms with van der Waals surface area (Å²) < 4.78 is 5.90. The fourth-order valence-electron chi connectivity index (χ4n) is 5.10. The van der Waals surface area contributed by atoms with Crippen molar-refractivity contribution in [2.45, 2.75) is 91.0 Å². The molecule has 43 heavy (non-hydrogen) atoms. The molecule has 1 fully saturated rings. The topological polar surface area (TPSA) is 120 Å². The third-order valence-corrected chi connectivity index (χ3v) is 7.79. The van der Waals surface area contributed by atoms with Gasteiger partial charge in [0, 0.05) is 19.5 Å². The number of nitrogens with zero attached hydrogens (tertiary/aromatic N) is 1. The van der Waals surface area contributed by atoms with E-state index >= 15 is 0 Å². The van der Waals surface area contributed by atoms with E-state index in [0.717, 1.165) is 36.8 Å². The number of urea groups is 1. The number of carbonyl (C=O) groups excluding carboxylic acids is 3. The van der Waals surface area contributed by atoms with Crippen LogP contribution in [0.15, 0.2) is 54.6 Å². The Hall–Kier alpha value is -3.59. The van der Waals surface area contributed by atoms with Crippen molar-refractivity contribution in [3.8, 4) is 5.75 Å². The molecule has 2 aromatic rings. The van der Waals surface area contributed by atoms with Crippen LogP contribution in [0, 0.1) is 11.8 Å². The minimum absolute atomic E-state index is 0.00736. The van der Waals surface area contributed by atoms with Crippen molar-refractivity contribution in [1.82, 2.24) is 20.9 Å². The van der Waals surface area contributed by atoms with E-state index in [1.807, 2.05) is 82.3 Å². The predicted octanol–water partition coefficient (Wildman–Crippen LogP) is 4.43. The summed E-state index contributed by atoms with van der Waals surface area (Å²) >= 11 is 0. The van der Waals surface area contributed by atoms with Crippen molar-refractivity contribution in [3.05, 3.63) is 65.7 Å². The lowest BCUT2D eigenvalue weighted by atomic mass is 10.00. The first kappa shape index (κ1) is 33.9. The summed E-state index contributed by atoms with van der Waals surface area (Å²) in [7, 11) is 0. The minimum Gasteiger partial charge on any atom is -0.489 e. The number of likely N-dealkylation sites (tertiary alicyclic amines) is 1. The van der Waals surface area contributed by atoms with E-state index in [1.54, 1.807) is 4.90 Å². The van der Waals surface area contributed by atoms with Gasteiger partial charge in [-0.05, 0) is 54.4 Å². The summed E-state index contributed by atoms with van der Waals surface area (Å²) in [6, 6.07) is 15.0. The highest BCUT2D eigenvalue weighted by molar-refractivity contribution is 5.92. The Morgan fingerprint density at radius 3 is 2.00 bits per heavy atom. The molecular formula is C34H50N4O5. The summed E-state index contributed by atoms with van der Waals surface area (Å²) in [6.45, 7) is 9.42. The van der Waals surface area contributed by atoms with E-state index in [2.05, 4.69) is 16.0 Å². The molecule has 3 atom stereocenters. The van der Waals surface area contributed by atoms with Crippen molar-refractivity contribution >= 4 is 17.8 Å². The zero-order valence-electron chi connectivity index (χ0n) is 26.2. The highest BCUT2D eigenvalue weighted by Gasteiger charge is 2.30. The van der Waals surface area contributed by atoms with Gasteiger partial charge in [-0.2, -0.15) is 0 Å². The second-order valence-electron chi connectivity index (χ2n) is 12.3. The van der Waals surface area contributed by atoms with Gasteiger partial charge < -0.3 is 30.7 Å². The first-order valence-electron chi connectivity index (χ1n) is 15.7. The minimum atomic E-state index is -0.902. The molecule has 3 rings (SSSR count). The monoisotopic (exact) mass is 594 g/mol. The fourth-order valence-corrected chi connectivity index (χ4v) is 5.10. The van der Waals surface area contributed by atoms with Crippen LogP contribution in [0.5, 0.6) is 5.75 Å². The average Bonchev–Trinajstić information content (AvgIpc) is 3.29. The second kappa shape index (κ2) is 17.5. The molecule has 1 aliphatic rings. The molecule has 0 aliphatic carbocycles. The Morgan fingerprint density at radius 2 is 1.42 bits per heavy atom. The van der Waals surface area contributed by atoms with Crippen LogP contribution in [-0.2, 0) is 22.6 Å². The highest BCUT2D eigenvalue weighted by Crippen LogP contribution is 2.17. The number of hydrogen-bond donors (Lipinski definition) is 4. The fraction of sp³-hybridized carbons (Fsp3) is 0.559. The van der Waals surface area contributed by atoms with Crippen LogP contribution in [-0.4, -0.2) is 65.7 Å². The first-order valence-corrected chi connectivity index (χ1v) is 15.7. The molecule has 9 heteroatoms. The lowest BCUT2D eigenvalue weighted by molar-refractivity contribution is -0.130. The SMILES string of the molecule is CC(C)CC(NC(=O)N1CCCCCC1)C(=O)NC(Cc1ccc(OCc2ccccc2)cc1)C(=O)NC(CO)C(C)C. The number of carbonyl (C=O) groups is 3. The summed E-state index contributed by atoms with van der Waals surface area (Å²) in [5, 5.41) is 18.6. The number of rotatable bonds is 14. The standard InChI is InChI=1S/C34H50N4O5/c1-24(2)20-29(37-34(42)38-18-10-5-6-11-19-38)32(40)35-30(33(41)36-31(22-39)25(3)4)21-26-14-16-28(17-15-26)43-23-27-12-8-7-9-13-27/h7-9,12-17,24-25,29-31,39H,5-6,10-11,18-23H2,1-4H3,(H,35,40)(H,36,41)(H,37,42). The molecule has 1 aliphatic heterocycles. The van der Waals surface area contributed by atoms with Crippen LogP contribution < -0.4 is 20.7 Å². The van der Waals surface area contributed by atoms with Crippen molar-refractivity contribution in [3.63, 3.8) is 0 Å². The number of ether oxygens (including phenoxy) is 1. The molecule has 236 valence electrons. The third-order valence-electron chi connectivity index (χ3n) is 7.79. The Kier molecular flexibility index (Phi) is 13.8. The van der Waals surface area contributed by atoms with E-state index in [4.69, 9.17) is 4.74 Å². The molecule has 3 unspecified atom stereocenters. The Balaban J connectivity index is 1.73. The molecule has 0 aromatic heterocycles. The van der Waals surface area contributed by atoms with E-state index in [9.17, 15) is 19.5 Å². The van der Waals surface area contributed by atoms with Gasteiger partial charge in [0.25, 0.3) is 0 Å². The second-order valence-corrected chi connectivity index (χ2v) is 12.3. The molecule has 1 heterocycles. The Labute approximate surface area is 256 Å². The summed E-state index contributed by atoms with van der Waals surface area (Å²) in [5.74, 6) is 0.0761. The van der Waals surface area contributed by atoms with Gasteiger partial charge in [0.2, 0.25) is 11.8 Å². The van der Waals surface area contributed by atoms with Crippen molar-refractivity contribution < 1.29 is 24.2 Å². The Bertz CT molecular complexity index is 1130. The molecule has 1 saturated heterocycles. The number of aliphatic hydroxyl groups is 1. The maximum absolute atomic E-state index is 13.6. The van der Waals surface area contributed by atoms with Gasteiger partial charge in [-0.15, -0.1) is 0 Å². The molecule has 2 aromatic carbocycles. The average molecular weight is 595 g/mol. The van der Waals surface area contributed by atoms with E-state index in [0.29, 0.717) is 31.9 Å².